The van der Waals surface area contributed by atoms with E-state index in [1.54, 1.807) is 18.2 Å². The molecule has 1 fully saturated rings. The van der Waals surface area contributed by atoms with Gasteiger partial charge >= 0.3 is 0 Å². The van der Waals surface area contributed by atoms with Gasteiger partial charge in [0.1, 0.15) is 17.2 Å². The maximum absolute atomic E-state index is 13.4. The van der Waals surface area contributed by atoms with Gasteiger partial charge in [0.15, 0.2) is 5.65 Å². The number of pyridine rings is 1. The van der Waals surface area contributed by atoms with Crippen LogP contribution in [0.3, 0.4) is 0 Å². The van der Waals surface area contributed by atoms with Gasteiger partial charge in [0, 0.05) is 31.4 Å². The number of nitrogens with one attached hydrogen (secondary N) is 1. The zero-order valence-corrected chi connectivity index (χ0v) is 28.0. The van der Waals surface area contributed by atoms with Crippen LogP contribution in [0.5, 0.6) is 0 Å². The number of rotatable bonds is 6. The van der Waals surface area contributed by atoms with E-state index in [0.717, 1.165) is 74.3 Å². The lowest BCUT2D eigenvalue weighted by atomic mass is 10.0. The van der Waals surface area contributed by atoms with Gasteiger partial charge in [0.25, 0.3) is 11.5 Å². The van der Waals surface area contributed by atoms with Gasteiger partial charge in [-0.1, -0.05) is 65.7 Å². The third-order valence-electron chi connectivity index (χ3n) is 7.93. The minimum absolute atomic E-state index is 0.0174. The number of unbranched alkanes of at least 4 members (excludes halogenated alkanes) is 1. The second-order valence-electron chi connectivity index (χ2n) is 11.0. The molecule has 1 saturated heterocycles. The molecule has 0 bridgehead atoms. The van der Waals surface area contributed by atoms with Crippen LogP contribution in [0, 0.1) is 12.7 Å². The number of halogens is 1. The molecule has 0 spiro atoms. The summed E-state index contributed by atoms with van der Waals surface area (Å²) in [5, 5.41) is 7.86. The second-order valence-corrected chi connectivity index (χ2v) is 11.0. The first kappa shape index (κ1) is 35.5. The fraction of sp³-hybridized carbons (Fsp3) is 0.500. The van der Waals surface area contributed by atoms with E-state index in [4.69, 9.17) is 5.10 Å². The Balaban J connectivity index is 0.000000433. The van der Waals surface area contributed by atoms with Crippen LogP contribution in [0.4, 0.5) is 10.2 Å². The number of carbonyl (C=O) groups excluding carboxylic acids is 1. The summed E-state index contributed by atoms with van der Waals surface area (Å²) >= 11 is 0. The Morgan fingerprint density at radius 1 is 1.02 bits per heavy atom. The number of aromatic nitrogens is 4. The third-order valence-corrected chi connectivity index (χ3v) is 7.93. The maximum atomic E-state index is 13.4. The van der Waals surface area contributed by atoms with E-state index in [1.807, 2.05) is 68.1 Å². The van der Waals surface area contributed by atoms with E-state index in [0.29, 0.717) is 18.7 Å². The fourth-order valence-electron chi connectivity index (χ4n) is 5.68. The molecule has 244 valence electrons. The average Bonchev–Trinajstić information content (AvgIpc) is 3.61. The van der Waals surface area contributed by atoms with E-state index in [-0.39, 0.29) is 23.3 Å². The molecule has 0 radical (unpaired) electrons. The highest BCUT2D eigenvalue weighted by Crippen LogP contribution is 2.22. The van der Waals surface area contributed by atoms with Gasteiger partial charge in [-0.15, -0.1) is 5.10 Å². The lowest BCUT2D eigenvalue weighted by Gasteiger charge is -2.19. The lowest BCUT2D eigenvalue weighted by molar-refractivity contribution is 0.0938. The molecule has 1 amide bonds. The summed E-state index contributed by atoms with van der Waals surface area (Å²) in [5.41, 5.74) is 4.31. The zero-order chi connectivity index (χ0) is 32.8. The van der Waals surface area contributed by atoms with Gasteiger partial charge < -0.3 is 14.8 Å². The summed E-state index contributed by atoms with van der Waals surface area (Å²) in [4.78, 5) is 33.2. The van der Waals surface area contributed by atoms with Crippen LogP contribution in [-0.2, 0) is 19.4 Å². The van der Waals surface area contributed by atoms with Gasteiger partial charge in [0.2, 0.25) is 0 Å². The monoisotopic (exact) mass is 618 g/mol. The normalized spacial score (nSPS) is 15.4. The minimum Gasteiger partial charge on any atom is -0.353 e. The number of imidazole rings is 1. The molecule has 1 aromatic carbocycles. The molecule has 4 heterocycles. The SMILES string of the molecule is CC.CC.CCCCn1c2c(cc(C(=O)NC3CCN(c4ccc5ncc(C)n5n4)C3)c1=O)CCCCC2.Fc1ccccc1. The molecule has 0 saturated carbocycles. The summed E-state index contributed by atoms with van der Waals surface area (Å²) in [7, 11) is 0. The number of fused-ring (bicyclic) bond motifs is 2. The van der Waals surface area contributed by atoms with Crippen molar-refractivity contribution in [1.82, 2.24) is 24.5 Å². The van der Waals surface area contributed by atoms with Crippen molar-refractivity contribution in [3.8, 4) is 0 Å². The highest BCUT2D eigenvalue weighted by atomic mass is 19.1. The number of carbonyl (C=O) groups is 1. The first-order valence-electron chi connectivity index (χ1n) is 16.8. The summed E-state index contributed by atoms with van der Waals surface area (Å²) in [6.45, 7) is 14.3. The van der Waals surface area contributed by atoms with Crippen molar-refractivity contribution >= 4 is 17.4 Å². The molecule has 3 aromatic heterocycles. The van der Waals surface area contributed by atoms with Crippen LogP contribution < -0.4 is 15.8 Å². The van der Waals surface area contributed by atoms with Crippen molar-refractivity contribution < 1.29 is 9.18 Å². The van der Waals surface area contributed by atoms with E-state index in [2.05, 4.69) is 22.1 Å². The third kappa shape index (κ3) is 9.25. The number of amides is 1. The Kier molecular flexibility index (Phi) is 14.2. The zero-order valence-electron chi connectivity index (χ0n) is 28.0. The van der Waals surface area contributed by atoms with Crippen molar-refractivity contribution in [2.45, 2.75) is 105 Å². The Morgan fingerprint density at radius 2 is 1.76 bits per heavy atom. The maximum Gasteiger partial charge on any atom is 0.263 e. The quantitative estimate of drug-likeness (QED) is 0.232. The van der Waals surface area contributed by atoms with Crippen LogP contribution in [0.15, 0.2) is 59.5 Å². The van der Waals surface area contributed by atoms with Crippen molar-refractivity contribution in [3.05, 3.63) is 93.4 Å². The molecule has 4 aromatic rings. The summed E-state index contributed by atoms with van der Waals surface area (Å²) in [5.74, 6) is 0.447. The molecule has 9 heteroatoms. The van der Waals surface area contributed by atoms with Gasteiger partial charge in [-0.2, -0.15) is 0 Å². The van der Waals surface area contributed by atoms with Crippen LogP contribution in [0.1, 0.15) is 100 Å². The molecule has 1 aliphatic heterocycles. The largest absolute Gasteiger partial charge is 0.353 e. The number of anilines is 1. The van der Waals surface area contributed by atoms with Gasteiger partial charge in [0.05, 0.1) is 11.9 Å². The molecule has 1 atom stereocenters. The molecule has 1 N–H and O–H groups in total. The predicted octanol–water partition coefficient (Wildman–Crippen LogP) is 7.16. The predicted molar refractivity (Wildman–Crippen MR) is 182 cm³/mol. The van der Waals surface area contributed by atoms with Crippen LogP contribution in [0.25, 0.3) is 5.65 Å². The molecule has 2 aliphatic rings. The Hall–Kier alpha value is -4.01. The van der Waals surface area contributed by atoms with Crippen molar-refractivity contribution in [1.29, 1.82) is 0 Å². The smallest absolute Gasteiger partial charge is 0.263 e. The molecule has 8 nitrogen and oxygen atoms in total. The summed E-state index contributed by atoms with van der Waals surface area (Å²) in [6, 6.07) is 13.7. The first-order chi connectivity index (χ1) is 21.9. The molecule has 45 heavy (non-hydrogen) atoms. The van der Waals surface area contributed by atoms with Crippen molar-refractivity contribution in [2.75, 3.05) is 18.0 Å². The highest BCUT2D eigenvalue weighted by Gasteiger charge is 2.27. The topological polar surface area (TPSA) is 84.5 Å². The summed E-state index contributed by atoms with van der Waals surface area (Å²) in [6.07, 6.45) is 9.88. The fourth-order valence-corrected chi connectivity index (χ4v) is 5.68. The number of nitrogens with zero attached hydrogens (tertiary/aromatic N) is 5. The number of benzene rings is 1. The number of aryl methyl sites for hydroxylation is 2. The first-order valence-corrected chi connectivity index (χ1v) is 16.8. The van der Waals surface area contributed by atoms with Crippen LogP contribution in [-0.4, -0.2) is 44.2 Å². The van der Waals surface area contributed by atoms with Crippen molar-refractivity contribution in [2.24, 2.45) is 0 Å². The average molecular weight is 619 g/mol. The number of hydrogen-bond donors (Lipinski definition) is 1. The molecule has 1 unspecified atom stereocenters. The highest BCUT2D eigenvalue weighted by molar-refractivity contribution is 5.94. The van der Waals surface area contributed by atoms with E-state index in [1.165, 1.54) is 24.1 Å². The van der Waals surface area contributed by atoms with Gasteiger partial charge in [-0.05, 0) is 81.3 Å². The van der Waals surface area contributed by atoms with E-state index < -0.39 is 0 Å². The summed E-state index contributed by atoms with van der Waals surface area (Å²) < 4.78 is 15.6. The van der Waals surface area contributed by atoms with Crippen LogP contribution in [0.2, 0.25) is 0 Å². The standard InChI is InChI=1S/C26H34N6O2.C6H5F.2C2H6/c1-3-4-13-31-22-9-7-5-6-8-19(22)15-21(26(31)34)25(33)28-20-12-14-30(17-20)24-11-10-23-27-16-18(2)32(23)29-24;7-6-4-2-1-3-5-6;2*1-2/h10-11,15-16,20H,3-9,12-14,17H2,1-2H3,(H,28,33);1-5H;2*1-2H3. The minimum atomic E-state index is -0.247. The molecular formula is C36H51FN6O2. The molecule has 1 aliphatic carbocycles. The second kappa shape index (κ2) is 18.1. The Bertz CT molecular complexity index is 1550. The lowest BCUT2D eigenvalue weighted by Crippen LogP contribution is -2.41. The molecular weight excluding hydrogens is 567 g/mol. The van der Waals surface area contributed by atoms with Crippen LogP contribution >= 0.6 is 0 Å². The Labute approximate surface area is 267 Å². The molecule has 6 rings (SSSR count). The van der Waals surface area contributed by atoms with Gasteiger partial charge in [-0.3, -0.25) is 9.59 Å². The van der Waals surface area contributed by atoms with E-state index >= 15 is 0 Å². The van der Waals surface area contributed by atoms with E-state index in [9.17, 15) is 14.0 Å². The van der Waals surface area contributed by atoms with Crippen molar-refractivity contribution in [3.63, 3.8) is 0 Å². The number of hydrogen-bond acceptors (Lipinski definition) is 5. The van der Waals surface area contributed by atoms with Gasteiger partial charge in [-0.25, -0.2) is 13.9 Å². The Morgan fingerprint density at radius 3 is 2.44 bits per heavy atom.